The summed E-state index contributed by atoms with van der Waals surface area (Å²) in [4.78, 5) is 0.0403. The van der Waals surface area contributed by atoms with Gasteiger partial charge in [-0.15, -0.1) is 10.2 Å². The molecule has 0 saturated heterocycles. The first-order valence-corrected chi connectivity index (χ1v) is 14.9. The van der Waals surface area contributed by atoms with Crippen LogP contribution in [0.2, 0.25) is 0 Å². The molecule has 0 aliphatic rings. The molecule has 3 aromatic carbocycles. The number of nitrogens with one attached hydrogen (secondary N) is 1. The maximum atomic E-state index is 13.1. The van der Waals surface area contributed by atoms with E-state index < -0.39 is 20.0 Å². The number of benzene rings is 3. The number of phenolic OH excluding ortho intramolecular Hbond substituents is 1. The van der Waals surface area contributed by atoms with Crippen LogP contribution in [0, 0.1) is 0 Å². The van der Waals surface area contributed by atoms with Crippen molar-refractivity contribution in [2.24, 2.45) is 10.2 Å². The number of fused-ring (bicyclic) bond motifs is 2. The van der Waals surface area contributed by atoms with E-state index in [0.717, 1.165) is 30.8 Å². The molecule has 0 atom stereocenters. The van der Waals surface area contributed by atoms with Crippen LogP contribution >= 0.6 is 11.7 Å². The van der Waals surface area contributed by atoms with E-state index in [1.807, 2.05) is 6.92 Å². The SMILES string of the molecule is CCCCN(C)S(=O)(=O)c1ccc(/N=N/c2ccc(O)c3cccc(NS(C)(=O)=O)c23)c2nsnc12. The van der Waals surface area contributed by atoms with Crippen molar-refractivity contribution in [1.29, 1.82) is 0 Å². The number of phenols is 1. The third-order valence-electron chi connectivity index (χ3n) is 5.43. The number of aromatic hydroxyl groups is 1. The molecule has 4 rings (SSSR count). The molecule has 11 nitrogen and oxygen atoms in total. The van der Waals surface area contributed by atoms with E-state index in [9.17, 15) is 21.9 Å². The van der Waals surface area contributed by atoms with Gasteiger partial charge in [-0.05, 0) is 36.8 Å². The number of aromatic nitrogens is 2. The first-order valence-electron chi connectivity index (χ1n) is 10.9. The second-order valence-electron chi connectivity index (χ2n) is 8.13. The van der Waals surface area contributed by atoms with Crippen molar-refractivity contribution in [3.05, 3.63) is 42.5 Å². The van der Waals surface area contributed by atoms with Gasteiger partial charge in [-0.1, -0.05) is 25.5 Å². The highest BCUT2D eigenvalue weighted by atomic mass is 32.2. The van der Waals surface area contributed by atoms with Crippen molar-refractivity contribution in [2.45, 2.75) is 24.7 Å². The molecular formula is C22H24N6O5S3. The maximum absolute atomic E-state index is 13.1. The van der Waals surface area contributed by atoms with Gasteiger partial charge < -0.3 is 5.11 Å². The number of unbranched alkanes of at least 4 members (excludes halogenated alkanes) is 1. The Balaban J connectivity index is 1.80. The lowest BCUT2D eigenvalue weighted by molar-refractivity contribution is 0.460. The lowest BCUT2D eigenvalue weighted by atomic mass is 10.1. The van der Waals surface area contributed by atoms with E-state index in [-0.39, 0.29) is 27.4 Å². The highest BCUT2D eigenvalue weighted by molar-refractivity contribution is 7.92. The highest BCUT2D eigenvalue weighted by Gasteiger charge is 2.25. The van der Waals surface area contributed by atoms with Gasteiger partial charge in [0, 0.05) is 24.4 Å². The molecule has 190 valence electrons. The second kappa shape index (κ2) is 10.0. The first kappa shape index (κ1) is 25.9. The van der Waals surface area contributed by atoms with Crippen LogP contribution in [0.4, 0.5) is 17.1 Å². The van der Waals surface area contributed by atoms with Crippen molar-refractivity contribution in [2.75, 3.05) is 24.6 Å². The Labute approximate surface area is 212 Å². The summed E-state index contributed by atoms with van der Waals surface area (Å²) in [7, 11) is -5.85. The number of hydrogen-bond acceptors (Lipinski definition) is 10. The zero-order chi connectivity index (χ0) is 26.1. The zero-order valence-electron chi connectivity index (χ0n) is 19.7. The monoisotopic (exact) mass is 548 g/mol. The number of rotatable bonds is 9. The average Bonchev–Trinajstić information content (AvgIpc) is 3.31. The van der Waals surface area contributed by atoms with Gasteiger partial charge in [-0.3, -0.25) is 4.72 Å². The van der Waals surface area contributed by atoms with Crippen LogP contribution in [0.3, 0.4) is 0 Å². The van der Waals surface area contributed by atoms with E-state index >= 15 is 0 Å². The molecule has 36 heavy (non-hydrogen) atoms. The van der Waals surface area contributed by atoms with Gasteiger partial charge in [0.25, 0.3) is 0 Å². The van der Waals surface area contributed by atoms with E-state index in [0.29, 0.717) is 28.7 Å². The summed E-state index contributed by atoms with van der Waals surface area (Å²) >= 11 is 0.867. The topological polar surface area (TPSA) is 154 Å². The van der Waals surface area contributed by atoms with Gasteiger partial charge >= 0.3 is 0 Å². The van der Waals surface area contributed by atoms with E-state index in [2.05, 4.69) is 23.7 Å². The highest BCUT2D eigenvalue weighted by Crippen LogP contribution is 2.39. The smallest absolute Gasteiger partial charge is 0.245 e. The Kier molecular flexibility index (Phi) is 7.22. The van der Waals surface area contributed by atoms with E-state index in [1.54, 1.807) is 18.2 Å². The number of nitrogens with zero attached hydrogens (tertiary/aromatic N) is 5. The molecule has 0 amide bonds. The fourth-order valence-corrected chi connectivity index (χ4v) is 6.17. The molecule has 0 fully saturated rings. The Hall–Kier alpha value is -3.20. The first-order chi connectivity index (χ1) is 17.0. The van der Waals surface area contributed by atoms with Gasteiger partial charge in [0.15, 0.2) is 0 Å². The van der Waals surface area contributed by atoms with Gasteiger partial charge in [0.1, 0.15) is 27.4 Å². The Morgan fingerprint density at radius 3 is 2.42 bits per heavy atom. The second-order valence-corrected chi connectivity index (χ2v) is 12.4. The van der Waals surface area contributed by atoms with Gasteiger partial charge in [0.05, 0.1) is 29.4 Å². The largest absolute Gasteiger partial charge is 0.507 e. The van der Waals surface area contributed by atoms with E-state index in [4.69, 9.17) is 0 Å². The molecule has 1 aromatic heterocycles. The number of anilines is 1. The van der Waals surface area contributed by atoms with Crippen LogP contribution in [0.1, 0.15) is 19.8 Å². The third kappa shape index (κ3) is 5.16. The predicted octanol–water partition coefficient (Wildman–Crippen LogP) is 4.76. The van der Waals surface area contributed by atoms with Crippen LogP contribution in [0.25, 0.3) is 21.8 Å². The van der Waals surface area contributed by atoms with Crippen LogP contribution in [0.5, 0.6) is 5.75 Å². The fourth-order valence-electron chi connectivity index (χ4n) is 3.64. The summed E-state index contributed by atoms with van der Waals surface area (Å²) in [6.07, 6.45) is 2.62. The van der Waals surface area contributed by atoms with Crippen LogP contribution in [-0.2, 0) is 20.0 Å². The lowest BCUT2D eigenvalue weighted by Crippen LogP contribution is -2.28. The molecule has 2 N–H and O–H groups in total. The quantitative estimate of drug-likeness (QED) is 0.286. The number of sulfonamides is 2. The molecule has 0 bridgehead atoms. The van der Waals surface area contributed by atoms with Gasteiger partial charge in [-0.25, -0.2) is 21.1 Å². The van der Waals surface area contributed by atoms with Crippen molar-refractivity contribution in [3.8, 4) is 5.75 Å². The van der Waals surface area contributed by atoms with Crippen molar-refractivity contribution in [1.82, 2.24) is 13.1 Å². The number of hydrogen-bond donors (Lipinski definition) is 2. The molecule has 0 radical (unpaired) electrons. The Morgan fingerprint density at radius 2 is 1.69 bits per heavy atom. The van der Waals surface area contributed by atoms with Crippen LogP contribution in [-0.4, -0.2) is 54.8 Å². The van der Waals surface area contributed by atoms with Gasteiger partial charge in [-0.2, -0.15) is 8.75 Å². The Bertz CT molecular complexity index is 1680. The maximum Gasteiger partial charge on any atom is 0.245 e. The molecule has 4 aromatic rings. The fraction of sp³-hybridized carbons (Fsp3) is 0.273. The van der Waals surface area contributed by atoms with Crippen LogP contribution < -0.4 is 4.72 Å². The summed E-state index contributed by atoms with van der Waals surface area (Å²) in [5, 5.41) is 19.6. The van der Waals surface area contributed by atoms with Crippen LogP contribution in [0.15, 0.2) is 57.6 Å². The molecule has 1 heterocycles. The lowest BCUT2D eigenvalue weighted by Gasteiger charge is -2.17. The molecule has 0 aliphatic carbocycles. The molecule has 0 aliphatic heterocycles. The Morgan fingerprint density at radius 1 is 1.00 bits per heavy atom. The molecular weight excluding hydrogens is 524 g/mol. The summed E-state index contributed by atoms with van der Waals surface area (Å²) in [6.45, 7) is 2.37. The average molecular weight is 549 g/mol. The summed E-state index contributed by atoms with van der Waals surface area (Å²) in [5.41, 5.74) is 1.31. The van der Waals surface area contributed by atoms with Crippen molar-refractivity contribution in [3.63, 3.8) is 0 Å². The number of azo groups is 1. The minimum Gasteiger partial charge on any atom is -0.507 e. The summed E-state index contributed by atoms with van der Waals surface area (Å²) in [5.74, 6) is -0.0473. The molecule has 0 spiro atoms. The minimum absolute atomic E-state index is 0.0403. The predicted molar refractivity (Wildman–Crippen MR) is 140 cm³/mol. The summed E-state index contributed by atoms with van der Waals surface area (Å²) < 4.78 is 62.1. The van der Waals surface area contributed by atoms with Gasteiger partial charge in [0.2, 0.25) is 20.0 Å². The molecule has 0 unspecified atom stereocenters. The normalized spacial score (nSPS) is 12.8. The van der Waals surface area contributed by atoms with Crippen molar-refractivity contribution < 1.29 is 21.9 Å². The van der Waals surface area contributed by atoms with Crippen molar-refractivity contribution >= 4 is 70.6 Å². The summed E-state index contributed by atoms with van der Waals surface area (Å²) in [6, 6.07) is 10.7. The van der Waals surface area contributed by atoms with E-state index in [1.165, 1.54) is 35.6 Å². The molecule has 14 heteroatoms. The minimum atomic E-state index is -3.78. The zero-order valence-corrected chi connectivity index (χ0v) is 22.2. The third-order valence-corrected chi connectivity index (χ3v) is 8.44. The molecule has 0 saturated carbocycles. The standard InChI is InChI=1S/C22H24N6O5S3/c1-4-5-13-28(2)36(32,33)19-12-10-17(21-22(19)26-34-25-21)24-23-15-9-11-18(29)14-7-6-8-16(20(14)15)27-35(3,30)31/h6-12,27,29H,4-5,13H2,1-3H3/b24-23+.